The largest absolute Gasteiger partial charge is 0.393 e. The fourth-order valence-corrected chi connectivity index (χ4v) is 2.02. The average Bonchev–Trinajstić information content (AvgIpc) is 2.67. The lowest BCUT2D eigenvalue weighted by Gasteiger charge is -2.28. The van der Waals surface area contributed by atoms with E-state index in [2.05, 4.69) is 4.98 Å². The molecule has 0 spiro atoms. The summed E-state index contributed by atoms with van der Waals surface area (Å²) < 4.78 is 6.63. The van der Waals surface area contributed by atoms with Crippen molar-refractivity contribution >= 4 is 0 Å². The number of ether oxygens (including phenoxy) is 1. The van der Waals surface area contributed by atoms with Crippen LogP contribution in [0.15, 0.2) is 21.9 Å². The molecule has 2 rings (SSSR count). The second kappa shape index (κ2) is 4.65. The van der Waals surface area contributed by atoms with Gasteiger partial charge in [-0.1, -0.05) is 0 Å². The Labute approximate surface area is 102 Å². The van der Waals surface area contributed by atoms with Crippen molar-refractivity contribution in [3.8, 4) is 0 Å². The van der Waals surface area contributed by atoms with E-state index in [1.807, 2.05) is 0 Å². The van der Waals surface area contributed by atoms with Crippen LogP contribution in [0, 0.1) is 0 Å². The van der Waals surface area contributed by atoms with E-state index in [4.69, 9.17) is 10.5 Å². The number of rotatable bonds is 3. The number of aliphatic hydroxyl groups excluding tert-OH is 2. The van der Waals surface area contributed by atoms with Crippen molar-refractivity contribution in [2.24, 2.45) is 5.73 Å². The minimum Gasteiger partial charge on any atom is -0.393 e. The van der Waals surface area contributed by atoms with Crippen molar-refractivity contribution in [3.05, 3.63) is 33.1 Å². The molecule has 0 aliphatic carbocycles. The third-order valence-electron chi connectivity index (χ3n) is 3.18. The summed E-state index contributed by atoms with van der Waals surface area (Å²) in [6, 6.07) is 1.18. The molecule has 100 valence electrons. The number of aromatic amines is 1. The van der Waals surface area contributed by atoms with E-state index < -0.39 is 35.8 Å². The van der Waals surface area contributed by atoms with E-state index in [1.165, 1.54) is 12.3 Å². The van der Waals surface area contributed by atoms with Gasteiger partial charge in [0, 0.05) is 25.2 Å². The average molecular weight is 257 g/mol. The lowest BCUT2D eigenvalue weighted by atomic mass is 9.98. The second-order valence-electron chi connectivity index (χ2n) is 4.27. The number of hydrogen-bond acceptors (Lipinski definition) is 6. The Hall–Kier alpha value is -1.48. The number of nitrogens with two attached hydrogens (primary N) is 1. The molecule has 2 heterocycles. The SMILES string of the molecule is NC[C@]1(CO)O[C@@H](n2ccc(=O)[nH]c2=O)C[C@@H]1O. The van der Waals surface area contributed by atoms with Crippen LogP contribution in [0.1, 0.15) is 12.6 Å². The zero-order chi connectivity index (χ0) is 13.3. The van der Waals surface area contributed by atoms with E-state index in [0.717, 1.165) is 4.57 Å². The number of nitrogens with zero attached hydrogens (tertiary/aromatic N) is 1. The van der Waals surface area contributed by atoms with Crippen molar-refractivity contribution in [2.75, 3.05) is 13.2 Å². The predicted octanol–water partition coefficient (Wildman–Crippen LogP) is -2.49. The van der Waals surface area contributed by atoms with Crippen LogP contribution in [-0.4, -0.2) is 44.6 Å². The van der Waals surface area contributed by atoms with Gasteiger partial charge in [-0.3, -0.25) is 14.3 Å². The molecule has 0 saturated carbocycles. The summed E-state index contributed by atoms with van der Waals surface area (Å²) in [5, 5.41) is 19.1. The molecular formula is C10H15N3O5. The second-order valence-corrected chi connectivity index (χ2v) is 4.27. The molecule has 1 aliphatic rings. The lowest BCUT2D eigenvalue weighted by molar-refractivity contribution is -0.122. The van der Waals surface area contributed by atoms with Gasteiger partial charge in [0.2, 0.25) is 0 Å². The van der Waals surface area contributed by atoms with Crippen LogP contribution in [0.5, 0.6) is 0 Å². The summed E-state index contributed by atoms with van der Waals surface area (Å²) in [5.74, 6) is 0. The highest BCUT2D eigenvalue weighted by Crippen LogP contribution is 2.35. The number of nitrogens with one attached hydrogen (secondary N) is 1. The van der Waals surface area contributed by atoms with Crippen LogP contribution in [0.25, 0.3) is 0 Å². The van der Waals surface area contributed by atoms with E-state index >= 15 is 0 Å². The molecule has 1 aromatic rings. The number of aromatic nitrogens is 2. The lowest BCUT2D eigenvalue weighted by Crippen LogP contribution is -2.49. The van der Waals surface area contributed by atoms with Gasteiger partial charge in [0.05, 0.1) is 12.7 Å². The molecule has 0 amide bonds. The minimum atomic E-state index is -1.26. The highest BCUT2D eigenvalue weighted by molar-refractivity contribution is 4.97. The molecule has 0 aromatic carbocycles. The van der Waals surface area contributed by atoms with Gasteiger partial charge in [-0.25, -0.2) is 4.79 Å². The van der Waals surface area contributed by atoms with Gasteiger partial charge in [-0.2, -0.15) is 0 Å². The normalized spacial score (nSPS) is 31.7. The molecule has 8 nitrogen and oxygen atoms in total. The zero-order valence-corrected chi connectivity index (χ0v) is 9.57. The monoisotopic (exact) mass is 257 g/mol. The van der Waals surface area contributed by atoms with Gasteiger partial charge >= 0.3 is 5.69 Å². The van der Waals surface area contributed by atoms with Gasteiger partial charge in [0.15, 0.2) is 0 Å². The van der Waals surface area contributed by atoms with Crippen molar-refractivity contribution in [2.45, 2.75) is 24.4 Å². The van der Waals surface area contributed by atoms with Gasteiger partial charge in [-0.15, -0.1) is 0 Å². The highest BCUT2D eigenvalue weighted by atomic mass is 16.6. The van der Waals surface area contributed by atoms with Crippen molar-refractivity contribution in [1.82, 2.24) is 9.55 Å². The number of H-pyrrole nitrogens is 1. The summed E-state index contributed by atoms with van der Waals surface area (Å²) in [6.07, 6.45) is -0.344. The van der Waals surface area contributed by atoms with Gasteiger partial charge in [0.1, 0.15) is 11.8 Å². The Kier molecular flexibility index (Phi) is 3.35. The first kappa shape index (κ1) is 13.0. The topological polar surface area (TPSA) is 131 Å². The minimum absolute atomic E-state index is 0.0702. The first-order chi connectivity index (χ1) is 8.52. The number of aliphatic hydroxyl groups is 2. The van der Waals surface area contributed by atoms with Gasteiger partial charge < -0.3 is 20.7 Å². The van der Waals surface area contributed by atoms with Crippen molar-refractivity contribution < 1.29 is 14.9 Å². The molecule has 3 atom stereocenters. The van der Waals surface area contributed by atoms with Crippen LogP contribution in [0.2, 0.25) is 0 Å². The molecule has 18 heavy (non-hydrogen) atoms. The fourth-order valence-electron chi connectivity index (χ4n) is 2.02. The van der Waals surface area contributed by atoms with Crippen molar-refractivity contribution in [3.63, 3.8) is 0 Å². The molecule has 1 aliphatic heterocycles. The van der Waals surface area contributed by atoms with Crippen LogP contribution in [0.4, 0.5) is 0 Å². The van der Waals surface area contributed by atoms with Crippen LogP contribution in [0.3, 0.4) is 0 Å². The standard InChI is InChI=1S/C10H15N3O5/c11-4-10(5-14)6(15)3-8(18-10)13-2-1-7(16)12-9(13)17/h1-2,6,8,14-15H,3-5,11H2,(H,12,16,17)/t6-,8+,10+/m0/s1. The predicted molar refractivity (Wildman–Crippen MR) is 60.9 cm³/mol. The quantitative estimate of drug-likeness (QED) is 0.473. The third kappa shape index (κ3) is 1.99. The molecule has 0 radical (unpaired) electrons. The van der Waals surface area contributed by atoms with E-state index in [9.17, 15) is 19.8 Å². The molecule has 0 unspecified atom stereocenters. The Morgan fingerprint density at radius 2 is 2.33 bits per heavy atom. The summed E-state index contributed by atoms with van der Waals surface area (Å²) in [7, 11) is 0. The van der Waals surface area contributed by atoms with Crippen LogP contribution in [-0.2, 0) is 4.74 Å². The molecule has 1 fully saturated rings. The smallest absolute Gasteiger partial charge is 0.330 e. The summed E-state index contributed by atoms with van der Waals surface area (Å²) in [5.41, 5.74) is 3.07. The van der Waals surface area contributed by atoms with Gasteiger partial charge in [-0.05, 0) is 0 Å². The fraction of sp³-hybridized carbons (Fsp3) is 0.600. The Morgan fingerprint density at radius 3 is 2.83 bits per heavy atom. The summed E-state index contributed by atoms with van der Waals surface area (Å²) >= 11 is 0. The van der Waals surface area contributed by atoms with E-state index in [1.54, 1.807) is 0 Å². The maximum Gasteiger partial charge on any atom is 0.330 e. The Morgan fingerprint density at radius 1 is 1.61 bits per heavy atom. The zero-order valence-electron chi connectivity index (χ0n) is 9.57. The highest BCUT2D eigenvalue weighted by Gasteiger charge is 2.47. The summed E-state index contributed by atoms with van der Waals surface area (Å²) in [6.45, 7) is -0.515. The Bertz CT molecular complexity index is 533. The van der Waals surface area contributed by atoms with Gasteiger partial charge in [0.25, 0.3) is 5.56 Å². The first-order valence-corrected chi connectivity index (χ1v) is 5.51. The molecule has 0 bridgehead atoms. The molecule has 1 saturated heterocycles. The maximum absolute atomic E-state index is 11.6. The number of hydrogen-bond donors (Lipinski definition) is 4. The molecular weight excluding hydrogens is 242 g/mol. The first-order valence-electron chi connectivity index (χ1n) is 5.51. The maximum atomic E-state index is 11.6. The molecule has 8 heteroatoms. The third-order valence-corrected chi connectivity index (χ3v) is 3.18. The van der Waals surface area contributed by atoms with E-state index in [-0.39, 0.29) is 13.0 Å². The van der Waals surface area contributed by atoms with Crippen LogP contribution >= 0.6 is 0 Å². The van der Waals surface area contributed by atoms with Crippen LogP contribution < -0.4 is 17.0 Å². The molecule has 1 aromatic heterocycles. The van der Waals surface area contributed by atoms with Crippen molar-refractivity contribution in [1.29, 1.82) is 0 Å². The Balaban J connectivity index is 2.32. The molecule has 5 N–H and O–H groups in total. The summed E-state index contributed by atoms with van der Waals surface area (Å²) in [4.78, 5) is 24.6. The van der Waals surface area contributed by atoms with E-state index in [0.29, 0.717) is 0 Å².